The van der Waals surface area contributed by atoms with Gasteiger partial charge in [-0.2, -0.15) is 0 Å². The standard InChI is InChI=1S/C21H22N2O4/c1-3-14-4-10-18(11-5-14)23-13-16(12-19(23)24)20(25)22-17-8-6-15(7-9-17)21(26)27-2/h4-11,16H,3,12-13H2,1-2H3,(H,22,25)/t16-/m0/s1. The van der Waals surface area contributed by atoms with E-state index in [4.69, 9.17) is 0 Å². The van der Waals surface area contributed by atoms with Gasteiger partial charge in [-0.3, -0.25) is 9.59 Å². The Labute approximate surface area is 158 Å². The van der Waals surface area contributed by atoms with Crippen LogP contribution in [-0.4, -0.2) is 31.4 Å². The summed E-state index contributed by atoms with van der Waals surface area (Å²) in [5, 5.41) is 2.81. The number of amides is 2. The third-order valence-corrected chi connectivity index (χ3v) is 4.73. The van der Waals surface area contributed by atoms with Gasteiger partial charge < -0.3 is 15.0 Å². The van der Waals surface area contributed by atoms with Crippen LogP contribution in [0.15, 0.2) is 48.5 Å². The summed E-state index contributed by atoms with van der Waals surface area (Å²) in [6.07, 6.45) is 1.12. The maximum atomic E-state index is 12.5. The fourth-order valence-corrected chi connectivity index (χ4v) is 3.10. The van der Waals surface area contributed by atoms with Gasteiger partial charge in [-0.05, 0) is 48.4 Å². The molecule has 0 aromatic heterocycles. The molecule has 2 amide bonds. The molecule has 1 N–H and O–H groups in total. The molecular formula is C21H22N2O4. The van der Waals surface area contributed by atoms with Crippen LogP contribution in [0, 0.1) is 5.92 Å². The van der Waals surface area contributed by atoms with Crippen LogP contribution in [0.5, 0.6) is 0 Å². The van der Waals surface area contributed by atoms with Crippen LogP contribution in [0.25, 0.3) is 0 Å². The number of nitrogens with one attached hydrogen (secondary N) is 1. The largest absolute Gasteiger partial charge is 0.465 e. The number of anilines is 2. The third kappa shape index (κ3) is 4.16. The first-order valence-electron chi connectivity index (χ1n) is 8.90. The molecule has 0 aliphatic carbocycles. The Morgan fingerprint density at radius 2 is 1.78 bits per heavy atom. The molecule has 2 aromatic carbocycles. The molecular weight excluding hydrogens is 344 g/mol. The molecule has 0 spiro atoms. The van der Waals surface area contributed by atoms with E-state index in [0.717, 1.165) is 12.1 Å². The average Bonchev–Trinajstić information content (AvgIpc) is 3.10. The SMILES string of the molecule is CCc1ccc(N2C[C@@H](C(=O)Nc3ccc(C(=O)OC)cc3)CC2=O)cc1. The van der Waals surface area contributed by atoms with Gasteiger partial charge in [-0.15, -0.1) is 0 Å². The normalized spacial score (nSPS) is 16.3. The van der Waals surface area contributed by atoms with Gasteiger partial charge in [0.2, 0.25) is 11.8 Å². The van der Waals surface area contributed by atoms with Gasteiger partial charge in [0.15, 0.2) is 0 Å². The zero-order valence-corrected chi connectivity index (χ0v) is 15.4. The minimum absolute atomic E-state index is 0.0552. The number of methoxy groups -OCH3 is 1. The molecule has 27 heavy (non-hydrogen) atoms. The molecule has 0 bridgehead atoms. The van der Waals surface area contributed by atoms with Crippen LogP contribution in [-0.2, 0) is 20.7 Å². The number of esters is 1. The number of nitrogens with zero attached hydrogens (tertiary/aromatic N) is 1. The summed E-state index contributed by atoms with van der Waals surface area (Å²) in [6, 6.07) is 14.3. The van der Waals surface area contributed by atoms with Crippen LogP contribution in [0.2, 0.25) is 0 Å². The highest BCUT2D eigenvalue weighted by molar-refractivity contribution is 6.03. The van der Waals surface area contributed by atoms with Gasteiger partial charge >= 0.3 is 5.97 Å². The second-order valence-corrected chi connectivity index (χ2v) is 6.48. The predicted molar refractivity (Wildman–Crippen MR) is 103 cm³/mol. The molecule has 0 radical (unpaired) electrons. The van der Waals surface area contributed by atoms with Gasteiger partial charge in [-0.1, -0.05) is 19.1 Å². The molecule has 1 fully saturated rings. The Balaban J connectivity index is 1.64. The van der Waals surface area contributed by atoms with Crippen LogP contribution >= 0.6 is 0 Å². The van der Waals surface area contributed by atoms with E-state index in [9.17, 15) is 14.4 Å². The Kier molecular flexibility index (Phi) is 5.54. The zero-order chi connectivity index (χ0) is 19.4. The minimum atomic E-state index is -0.431. The lowest BCUT2D eigenvalue weighted by Gasteiger charge is -2.17. The summed E-state index contributed by atoms with van der Waals surface area (Å²) in [5.41, 5.74) is 3.00. The van der Waals surface area contributed by atoms with E-state index in [-0.39, 0.29) is 18.2 Å². The van der Waals surface area contributed by atoms with Crippen molar-refractivity contribution in [2.45, 2.75) is 19.8 Å². The smallest absolute Gasteiger partial charge is 0.337 e. The monoisotopic (exact) mass is 366 g/mol. The molecule has 1 saturated heterocycles. The van der Waals surface area contributed by atoms with E-state index in [1.54, 1.807) is 29.2 Å². The maximum Gasteiger partial charge on any atom is 0.337 e. The van der Waals surface area contributed by atoms with Gasteiger partial charge in [0.25, 0.3) is 0 Å². The first kappa shape index (κ1) is 18.6. The lowest BCUT2D eigenvalue weighted by atomic mass is 10.1. The average molecular weight is 366 g/mol. The van der Waals surface area contributed by atoms with Crippen molar-refractivity contribution in [1.29, 1.82) is 0 Å². The van der Waals surface area contributed by atoms with E-state index in [2.05, 4.69) is 17.0 Å². The summed E-state index contributed by atoms with van der Waals surface area (Å²) < 4.78 is 4.65. The van der Waals surface area contributed by atoms with Gasteiger partial charge in [0, 0.05) is 24.3 Å². The third-order valence-electron chi connectivity index (χ3n) is 4.73. The van der Waals surface area contributed by atoms with Crippen LogP contribution in [0.3, 0.4) is 0 Å². The topological polar surface area (TPSA) is 75.7 Å². The number of carbonyl (C=O) groups excluding carboxylic acids is 3. The van der Waals surface area contributed by atoms with Crippen LogP contribution in [0.4, 0.5) is 11.4 Å². The van der Waals surface area contributed by atoms with Crippen molar-refractivity contribution in [3.05, 3.63) is 59.7 Å². The van der Waals surface area contributed by atoms with Gasteiger partial charge in [0.05, 0.1) is 18.6 Å². The van der Waals surface area contributed by atoms with Gasteiger partial charge in [0.1, 0.15) is 0 Å². The number of carbonyl (C=O) groups is 3. The Bertz CT molecular complexity index is 843. The van der Waals surface area contributed by atoms with Crippen LogP contribution in [0.1, 0.15) is 29.3 Å². The second-order valence-electron chi connectivity index (χ2n) is 6.48. The van der Waals surface area contributed by atoms with E-state index in [0.29, 0.717) is 17.8 Å². The molecule has 0 saturated carbocycles. The molecule has 1 aliphatic heterocycles. The number of rotatable bonds is 5. The summed E-state index contributed by atoms with van der Waals surface area (Å²) in [7, 11) is 1.32. The van der Waals surface area contributed by atoms with E-state index in [1.165, 1.54) is 12.7 Å². The van der Waals surface area contributed by atoms with E-state index in [1.807, 2.05) is 24.3 Å². The van der Waals surface area contributed by atoms with Gasteiger partial charge in [-0.25, -0.2) is 4.79 Å². The fraction of sp³-hybridized carbons (Fsp3) is 0.286. The summed E-state index contributed by atoms with van der Waals surface area (Å²) >= 11 is 0. The summed E-state index contributed by atoms with van der Waals surface area (Å²) in [6.45, 7) is 2.44. The molecule has 6 nitrogen and oxygen atoms in total. The molecule has 3 rings (SSSR count). The molecule has 0 unspecified atom stereocenters. The quantitative estimate of drug-likeness (QED) is 0.826. The maximum absolute atomic E-state index is 12.5. The Morgan fingerprint density at radius 3 is 2.37 bits per heavy atom. The first-order chi connectivity index (χ1) is 13.0. The molecule has 1 aliphatic rings. The lowest BCUT2D eigenvalue weighted by Crippen LogP contribution is -2.28. The van der Waals surface area contributed by atoms with Crippen molar-refractivity contribution in [3.8, 4) is 0 Å². The summed E-state index contributed by atoms with van der Waals surface area (Å²) in [4.78, 5) is 38.0. The van der Waals surface area contributed by atoms with Crippen molar-refractivity contribution in [2.24, 2.45) is 5.92 Å². The van der Waals surface area contributed by atoms with E-state index >= 15 is 0 Å². The highest BCUT2D eigenvalue weighted by Gasteiger charge is 2.35. The van der Waals surface area contributed by atoms with Crippen molar-refractivity contribution >= 4 is 29.2 Å². The van der Waals surface area contributed by atoms with Crippen molar-refractivity contribution in [2.75, 3.05) is 23.9 Å². The lowest BCUT2D eigenvalue weighted by molar-refractivity contribution is -0.122. The number of benzene rings is 2. The highest BCUT2D eigenvalue weighted by Crippen LogP contribution is 2.26. The molecule has 2 aromatic rings. The molecule has 1 atom stereocenters. The predicted octanol–water partition coefficient (Wildman–Crippen LogP) is 3.03. The molecule has 140 valence electrons. The Hall–Kier alpha value is -3.15. The van der Waals surface area contributed by atoms with E-state index < -0.39 is 11.9 Å². The zero-order valence-electron chi connectivity index (χ0n) is 15.4. The fourth-order valence-electron chi connectivity index (χ4n) is 3.10. The number of ether oxygens (including phenoxy) is 1. The minimum Gasteiger partial charge on any atom is -0.465 e. The highest BCUT2D eigenvalue weighted by atomic mass is 16.5. The molecule has 6 heteroatoms. The van der Waals surface area contributed by atoms with Crippen LogP contribution < -0.4 is 10.2 Å². The number of hydrogen-bond donors (Lipinski definition) is 1. The Morgan fingerprint density at radius 1 is 1.11 bits per heavy atom. The van der Waals surface area contributed by atoms with Crippen molar-refractivity contribution < 1.29 is 19.1 Å². The number of hydrogen-bond acceptors (Lipinski definition) is 4. The first-order valence-corrected chi connectivity index (χ1v) is 8.90. The molecule has 1 heterocycles. The van der Waals surface area contributed by atoms with Crippen molar-refractivity contribution in [1.82, 2.24) is 0 Å². The second kappa shape index (κ2) is 8.03. The summed E-state index contributed by atoms with van der Waals surface area (Å²) in [5.74, 6) is -1.11. The number of aryl methyl sites for hydroxylation is 1. The van der Waals surface area contributed by atoms with Crippen molar-refractivity contribution in [3.63, 3.8) is 0 Å².